The van der Waals surface area contributed by atoms with E-state index in [1.807, 2.05) is 0 Å². The Morgan fingerprint density at radius 2 is 2.36 bits per heavy atom. The van der Waals surface area contributed by atoms with Gasteiger partial charge in [0.05, 0.1) is 12.1 Å². The van der Waals surface area contributed by atoms with Crippen LogP contribution in [0, 0.1) is 0 Å². The molecule has 0 saturated carbocycles. The highest BCUT2D eigenvalue weighted by atomic mass is 16.4. The number of aliphatic hydroxyl groups excluding tert-OH is 1. The van der Waals surface area contributed by atoms with Crippen molar-refractivity contribution in [3.8, 4) is 0 Å². The van der Waals surface area contributed by atoms with E-state index in [9.17, 15) is 9.90 Å². The predicted molar refractivity (Wildman–Crippen MR) is 38.4 cm³/mol. The molecule has 1 saturated heterocycles. The number of carbonyl (C=O) groups is 1. The van der Waals surface area contributed by atoms with Crippen molar-refractivity contribution in [3.05, 3.63) is 0 Å². The van der Waals surface area contributed by atoms with Crippen molar-refractivity contribution < 1.29 is 15.0 Å². The molecule has 0 spiro atoms. The third-order valence-corrected chi connectivity index (χ3v) is 1.76. The molecule has 1 heterocycles. The molecule has 1 rings (SSSR count). The van der Waals surface area contributed by atoms with E-state index in [-0.39, 0.29) is 6.04 Å². The third kappa shape index (κ3) is 2.36. The Hall–Kier alpha value is -0.810. The van der Waals surface area contributed by atoms with E-state index in [2.05, 4.69) is 10.6 Å². The van der Waals surface area contributed by atoms with Crippen molar-refractivity contribution in [3.63, 3.8) is 0 Å². The molecule has 0 aromatic heterocycles. The molecule has 0 aliphatic carbocycles. The Labute approximate surface area is 64.4 Å². The summed E-state index contributed by atoms with van der Waals surface area (Å²) in [5.41, 5.74) is 0. The number of amides is 1. The summed E-state index contributed by atoms with van der Waals surface area (Å²) in [5, 5.41) is 22.8. The normalized spacial score (nSPS) is 31.4. The number of β-amino-alcohol motifs (C(OH)–C–C–N with tert-alkyl or cyclic N) is 1. The summed E-state index contributed by atoms with van der Waals surface area (Å²) in [7, 11) is 0. The number of aliphatic hydroxyl groups is 1. The Morgan fingerprint density at radius 3 is 2.91 bits per heavy atom. The molecular formula is C6H12N2O3. The highest BCUT2D eigenvalue weighted by molar-refractivity contribution is 5.64. The maximum absolute atomic E-state index is 10.2. The van der Waals surface area contributed by atoms with E-state index >= 15 is 0 Å². The first kappa shape index (κ1) is 8.29. The van der Waals surface area contributed by atoms with Crippen LogP contribution in [-0.4, -0.2) is 41.5 Å². The molecule has 0 unspecified atom stereocenters. The van der Waals surface area contributed by atoms with E-state index in [1.54, 1.807) is 0 Å². The van der Waals surface area contributed by atoms with Crippen LogP contribution in [0.25, 0.3) is 0 Å². The molecule has 0 aromatic carbocycles. The summed E-state index contributed by atoms with van der Waals surface area (Å²) < 4.78 is 0. The van der Waals surface area contributed by atoms with Crippen molar-refractivity contribution >= 4 is 6.09 Å². The van der Waals surface area contributed by atoms with Gasteiger partial charge < -0.3 is 20.8 Å². The van der Waals surface area contributed by atoms with E-state index in [4.69, 9.17) is 5.11 Å². The Balaban J connectivity index is 2.35. The van der Waals surface area contributed by atoms with Gasteiger partial charge in [0.15, 0.2) is 0 Å². The Morgan fingerprint density at radius 1 is 1.64 bits per heavy atom. The zero-order chi connectivity index (χ0) is 8.27. The molecule has 1 fully saturated rings. The summed E-state index contributed by atoms with van der Waals surface area (Å²) in [4.78, 5) is 10.2. The molecule has 4 N–H and O–H groups in total. The van der Waals surface area contributed by atoms with Gasteiger partial charge in [-0.25, -0.2) is 4.79 Å². The standard InChI is InChI=1S/C6H12N2O3/c9-5-3-7-2-1-4(5)8-6(10)11/h4-5,7-9H,1-3H2,(H,10,11)/t4-,5-/m1/s1. The fraction of sp³-hybridized carbons (Fsp3) is 0.833. The van der Waals surface area contributed by atoms with E-state index < -0.39 is 12.2 Å². The lowest BCUT2D eigenvalue weighted by Crippen LogP contribution is -2.52. The molecule has 1 amide bonds. The van der Waals surface area contributed by atoms with Crippen LogP contribution < -0.4 is 10.6 Å². The molecular weight excluding hydrogens is 148 g/mol. The molecule has 2 atom stereocenters. The van der Waals surface area contributed by atoms with Gasteiger partial charge in [-0.05, 0) is 13.0 Å². The van der Waals surface area contributed by atoms with Crippen molar-refractivity contribution in [2.24, 2.45) is 0 Å². The van der Waals surface area contributed by atoms with E-state index in [0.717, 1.165) is 6.54 Å². The van der Waals surface area contributed by atoms with Crippen LogP contribution in [0.2, 0.25) is 0 Å². The van der Waals surface area contributed by atoms with Crippen molar-refractivity contribution in [1.29, 1.82) is 0 Å². The minimum atomic E-state index is -1.07. The van der Waals surface area contributed by atoms with Gasteiger partial charge in [-0.2, -0.15) is 0 Å². The largest absolute Gasteiger partial charge is 0.465 e. The first-order valence-corrected chi connectivity index (χ1v) is 3.58. The van der Waals surface area contributed by atoms with Crippen LogP contribution in [0.1, 0.15) is 6.42 Å². The molecule has 0 aromatic rings. The van der Waals surface area contributed by atoms with Crippen molar-refractivity contribution in [1.82, 2.24) is 10.6 Å². The second-order valence-corrected chi connectivity index (χ2v) is 2.62. The lowest BCUT2D eigenvalue weighted by Gasteiger charge is -2.27. The zero-order valence-corrected chi connectivity index (χ0v) is 6.08. The SMILES string of the molecule is O=C(O)N[C@@H]1CCNC[C@H]1O. The summed E-state index contributed by atoms with van der Waals surface area (Å²) in [6, 6.07) is -0.311. The molecule has 5 nitrogen and oxygen atoms in total. The van der Waals surface area contributed by atoms with Crippen LogP contribution in [-0.2, 0) is 0 Å². The number of hydrogen-bond acceptors (Lipinski definition) is 3. The topological polar surface area (TPSA) is 81.6 Å². The first-order chi connectivity index (χ1) is 5.20. The average Bonchev–Trinajstić information content (AvgIpc) is 1.93. The number of nitrogens with one attached hydrogen (secondary N) is 2. The number of hydrogen-bond donors (Lipinski definition) is 4. The van der Waals surface area contributed by atoms with Crippen LogP contribution in [0.3, 0.4) is 0 Å². The number of carboxylic acid groups (broad SMARTS) is 1. The maximum atomic E-state index is 10.2. The fourth-order valence-corrected chi connectivity index (χ4v) is 1.17. The second-order valence-electron chi connectivity index (χ2n) is 2.62. The molecule has 11 heavy (non-hydrogen) atoms. The van der Waals surface area contributed by atoms with Gasteiger partial charge in [0.1, 0.15) is 0 Å². The number of piperidine rings is 1. The highest BCUT2D eigenvalue weighted by Crippen LogP contribution is 2.02. The Kier molecular flexibility index (Phi) is 2.67. The third-order valence-electron chi connectivity index (χ3n) is 1.76. The van der Waals surface area contributed by atoms with Crippen LogP contribution >= 0.6 is 0 Å². The summed E-state index contributed by atoms with van der Waals surface area (Å²) in [6.07, 6.45) is -1.02. The van der Waals surface area contributed by atoms with Gasteiger partial charge in [-0.3, -0.25) is 0 Å². The minimum Gasteiger partial charge on any atom is -0.465 e. The van der Waals surface area contributed by atoms with Crippen molar-refractivity contribution in [2.45, 2.75) is 18.6 Å². The maximum Gasteiger partial charge on any atom is 0.404 e. The molecule has 1 aliphatic rings. The number of rotatable bonds is 1. The van der Waals surface area contributed by atoms with Crippen LogP contribution in [0.4, 0.5) is 4.79 Å². The minimum absolute atomic E-state index is 0.311. The zero-order valence-electron chi connectivity index (χ0n) is 6.08. The summed E-state index contributed by atoms with van der Waals surface area (Å²) >= 11 is 0. The Bertz CT molecular complexity index is 151. The lowest BCUT2D eigenvalue weighted by atomic mass is 10.0. The van der Waals surface area contributed by atoms with Crippen LogP contribution in [0.15, 0.2) is 0 Å². The van der Waals surface area contributed by atoms with E-state index in [1.165, 1.54) is 0 Å². The fourth-order valence-electron chi connectivity index (χ4n) is 1.17. The smallest absolute Gasteiger partial charge is 0.404 e. The molecule has 64 valence electrons. The summed E-state index contributed by atoms with van der Waals surface area (Å²) in [6.45, 7) is 1.22. The van der Waals surface area contributed by atoms with Gasteiger partial charge in [-0.15, -0.1) is 0 Å². The van der Waals surface area contributed by atoms with Crippen molar-refractivity contribution in [2.75, 3.05) is 13.1 Å². The molecule has 5 heteroatoms. The monoisotopic (exact) mass is 160 g/mol. The molecule has 0 radical (unpaired) electrons. The highest BCUT2D eigenvalue weighted by Gasteiger charge is 2.23. The van der Waals surface area contributed by atoms with Gasteiger partial charge in [0, 0.05) is 6.54 Å². The first-order valence-electron chi connectivity index (χ1n) is 3.58. The van der Waals surface area contributed by atoms with Gasteiger partial charge in [0.2, 0.25) is 0 Å². The van der Waals surface area contributed by atoms with Gasteiger partial charge in [0.25, 0.3) is 0 Å². The van der Waals surface area contributed by atoms with Gasteiger partial charge in [-0.1, -0.05) is 0 Å². The lowest BCUT2D eigenvalue weighted by molar-refractivity contribution is 0.0986. The molecule has 1 aliphatic heterocycles. The quantitative estimate of drug-likeness (QED) is 0.395. The predicted octanol–water partition coefficient (Wildman–Crippen LogP) is -1.02. The summed E-state index contributed by atoms with van der Waals surface area (Å²) in [5.74, 6) is 0. The van der Waals surface area contributed by atoms with Crippen LogP contribution in [0.5, 0.6) is 0 Å². The molecule has 0 bridgehead atoms. The van der Waals surface area contributed by atoms with E-state index in [0.29, 0.717) is 13.0 Å². The average molecular weight is 160 g/mol. The van der Waals surface area contributed by atoms with Gasteiger partial charge >= 0.3 is 6.09 Å². The second kappa shape index (κ2) is 3.54.